The Labute approximate surface area is 136 Å². The number of piperidine rings is 1. The van der Waals surface area contributed by atoms with Crippen molar-refractivity contribution in [3.63, 3.8) is 0 Å². The van der Waals surface area contributed by atoms with Gasteiger partial charge in [-0.1, -0.05) is 6.92 Å². The maximum atomic E-state index is 12.3. The molecule has 23 heavy (non-hydrogen) atoms. The third-order valence-electron chi connectivity index (χ3n) is 5.06. The van der Waals surface area contributed by atoms with Crippen LogP contribution in [0.5, 0.6) is 0 Å². The van der Waals surface area contributed by atoms with E-state index in [2.05, 4.69) is 5.32 Å². The van der Waals surface area contributed by atoms with Crippen LogP contribution in [0.2, 0.25) is 0 Å². The van der Waals surface area contributed by atoms with Crippen molar-refractivity contribution in [3.05, 3.63) is 0 Å². The van der Waals surface area contributed by atoms with Crippen molar-refractivity contribution >= 4 is 12.0 Å². The molecule has 3 rings (SSSR count). The molecule has 1 spiro atoms. The van der Waals surface area contributed by atoms with Crippen LogP contribution >= 0.6 is 0 Å². The van der Waals surface area contributed by atoms with Crippen molar-refractivity contribution in [2.45, 2.75) is 50.9 Å². The molecule has 3 fully saturated rings. The number of carbonyl (C=O) groups is 2. The number of carboxylic acid groups (broad SMARTS) is 1. The van der Waals surface area contributed by atoms with Crippen molar-refractivity contribution in [3.8, 4) is 0 Å². The highest BCUT2D eigenvalue weighted by atomic mass is 16.7. The number of rotatable bonds is 3. The Hall–Kier alpha value is -1.34. The number of amides is 2. The van der Waals surface area contributed by atoms with Gasteiger partial charge in [0, 0.05) is 32.5 Å². The van der Waals surface area contributed by atoms with Gasteiger partial charge in [-0.25, -0.2) is 4.79 Å². The van der Waals surface area contributed by atoms with E-state index in [-0.39, 0.29) is 24.6 Å². The Morgan fingerprint density at radius 2 is 2.04 bits per heavy atom. The van der Waals surface area contributed by atoms with E-state index in [1.807, 2.05) is 6.92 Å². The summed E-state index contributed by atoms with van der Waals surface area (Å²) in [5.74, 6) is -1.52. The number of urea groups is 1. The third kappa shape index (κ3) is 3.77. The van der Waals surface area contributed by atoms with Crippen molar-refractivity contribution in [1.82, 2.24) is 10.2 Å². The zero-order chi connectivity index (χ0) is 16.4. The summed E-state index contributed by atoms with van der Waals surface area (Å²) in [4.78, 5) is 25.1. The average molecular weight is 326 g/mol. The number of nitrogens with zero attached hydrogens (tertiary/aromatic N) is 1. The lowest BCUT2D eigenvalue weighted by Crippen LogP contribution is -2.50. The predicted molar refractivity (Wildman–Crippen MR) is 81.9 cm³/mol. The van der Waals surface area contributed by atoms with Gasteiger partial charge in [0.2, 0.25) is 0 Å². The van der Waals surface area contributed by atoms with Crippen molar-refractivity contribution in [2.75, 3.05) is 26.2 Å². The number of ether oxygens (including phenoxy) is 2. The largest absolute Gasteiger partial charge is 0.481 e. The molecular weight excluding hydrogens is 300 g/mol. The molecule has 3 atom stereocenters. The Bertz CT molecular complexity index is 463. The molecule has 2 aliphatic heterocycles. The van der Waals surface area contributed by atoms with E-state index in [4.69, 9.17) is 9.47 Å². The molecule has 7 heteroatoms. The van der Waals surface area contributed by atoms with E-state index in [0.717, 1.165) is 25.7 Å². The number of hydrogen-bond acceptors (Lipinski definition) is 4. The molecule has 0 aromatic heterocycles. The van der Waals surface area contributed by atoms with Crippen LogP contribution in [0.15, 0.2) is 0 Å². The van der Waals surface area contributed by atoms with Crippen LogP contribution in [-0.4, -0.2) is 60.1 Å². The molecule has 2 amide bonds. The first-order chi connectivity index (χ1) is 11.0. The van der Waals surface area contributed by atoms with Crippen LogP contribution < -0.4 is 5.32 Å². The molecule has 7 nitrogen and oxygen atoms in total. The van der Waals surface area contributed by atoms with E-state index in [9.17, 15) is 14.7 Å². The second-order valence-electron chi connectivity index (χ2n) is 7.14. The van der Waals surface area contributed by atoms with Crippen LogP contribution in [0.4, 0.5) is 4.79 Å². The highest BCUT2D eigenvalue weighted by Crippen LogP contribution is 2.39. The fourth-order valence-corrected chi connectivity index (χ4v) is 3.90. The Kier molecular flexibility index (Phi) is 4.77. The Morgan fingerprint density at radius 1 is 1.30 bits per heavy atom. The first-order valence-electron chi connectivity index (χ1n) is 8.55. The lowest BCUT2D eigenvalue weighted by atomic mass is 9.91. The van der Waals surface area contributed by atoms with Crippen LogP contribution in [0.1, 0.15) is 39.0 Å². The highest BCUT2D eigenvalue weighted by molar-refractivity contribution is 5.76. The van der Waals surface area contributed by atoms with Crippen LogP contribution in [0, 0.1) is 11.8 Å². The zero-order valence-electron chi connectivity index (χ0n) is 13.6. The smallest absolute Gasteiger partial charge is 0.317 e. The summed E-state index contributed by atoms with van der Waals surface area (Å²) in [6, 6.07) is -0.209. The summed E-state index contributed by atoms with van der Waals surface area (Å²) >= 11 is 0. The number of carbonyl (C=O) groups excluding carboxylic acids is 1. The lowest BCUT2D eigenvalue weighted by molar-refractivity contribution is -0.161. The second-order valence-corrected chi connectivity index (χ2v) is 7.14. The molecule has 2 N–H and O–H groups in total. The summed E-state index contributed by atoms with van der Waals surface area (Å²) in [7, 11) is 0. The van der Waals surface area contributed by atoms with Gasteiger partial charge in [-0.15, -0.1) is 0 Å². The molecule has 0 aromatic rings. The number of likely N-dealkylation sites (tertiary alicyclic amines) is 1. The minimum absolute atomic E-state index is 0.116. The molecular formula is C16H26N2O5. The summed E-state index contributed by atoms with van der Waals surface area (Å²) in [6.45, 7) is 3.77. The Balaban J connectivity index is 1.46. The molecule has 130 valence electrons. The fraction of sp³-hybridized carbons (Fsp3) is 0.875. The topological polar surface area (TPSA) is 88.1 Å². The summed E-state index contributed by atoms with van der Waals surface area (Å²) in [6.07, 6.45) is 4.63. The molecule has 0 aromatic carbocycles. The van der Waals surface area contributed by atoms with E-state index in [1.165, 1.54) is 0 Å². The molecule has 0 bridgehead atoms. The van der Waals surface area contributed by atoms with Crippen LogP contribution in [-0.2, 0) is 14.3 Å². The maximum absolute atomic E-state index is 12.3. The number of hydrogen-bond donors (Lipinski definition) is 2. The molecule has 3 aliphatic rings. The number of nitrogens with one attached hydrogen (secondary N) is 1. The zero-order valence-corrected chi connectivity index (χ0v) is 13.6. The van der Waals surface area contributed by atoms with E-state index in [1.54, 1.807) is 4.90 Å². The summed E-state index contributed by atoms with van der Waals surface area (Å²) in [5.41, 5.74) is 0. The number of carboxylic acids is 1. The van der Waals surface area contributed by atoms with E-state index >= 15 is 0 Å². The van der Waals surface area contributed by atoms with Crippen LogP contribution in [0.25, 0.3) is 0 Å². The van der Waals surface area contributed by atoms with Gasteiger partial charge in [0.05, 0.1) is 12.5 Å². The quantitative estimate of drug-likeness (QED) is 0.819. The lowest BCUT2D eigenvalue weighted by Gasteiger charge is -2.34. The maximum Gasteiger partial charge on any atom is 0.317 e. The van der Waals surface area contributed by atoms with Gasteiger partial charge in [0.15, 0.2) is 5.79 Å². The van der Waals surface area contributed by atoms with Gasteiger partial charge in [-0.3, -0.25) is 4.79 Å². The minimum atomic E-state index is -0.829. The van der Waals surface area contributed by atoms with Crippen LogP contribution in [0.3, 0.4) is 0 Å². The fourth-order valence-electron chi connectivity index (χ4n) is 3.90. The molecule has 2 heterocycles. The highest BCUT2D eigenvalue weighted by Gasteiger charge is 2.43. The SMILES string of the molecule is CC1CC(C(=O)O)CN(C(=O)NCC2COC3(CCCC3)O2)C1. The minimum Gasteiger partial charge on any atom is -0.481 e. The predicted octanol–water partition coefficient (Wildman–Crippen LogP) is 1.42. The standard InChI is InChI=1S/C16H26N2O5/c1-11-6-12(14(19)20)9-18(8-11)15(21)17-7-13-10-22-16(23-13)4-2-3-5-16/h11-13H,2-10H2,1H3,(H,17,21)(H,19,20). The first-order valence-corrected chi connectivity index (χ1v) is 8.55. The van der Waals surface area contributed by atoms with Gasteiger partial charge in [-0.2, -0.15) is 0 Å². The average Bonchev–Trinajstić information content (AvgIpc) is 3.14. The van der Waals surface area contributed by atoms with Gasteiger partial charge < -0.3 is 24.8 Å². The van der Waals surface area contributed by atoms with Crippen molar-refractivity contribution in [1.29, 1.82) is 0 Å². The third-order valence-corrected chi connectivity index (χ3v) is 5.06. The van der Waals surface area contributed by atoms with Crippen molar-refractivity contribution < 1.29 is 24.2 Å². The summed E-state index contributed by atoms with van der Waals surface area (Å²) in [5, 5.41) is 12.1. The molecule has 1 aliphatic carbocycles. The van der Waals surface area contributed by atoms with Gasteiger partial charge in [-0.05, 0) is 25.2 Å². The second kappa shape index (κ2) is 6.65. The van der Waals surface area contributed by atoms with Gasteiger partial charge >= 0.3 is 12.0 Å². The van der Waals surface area contributed by atoms with E-state index < -0.39 is 17.7 Å². The molecule has 1 saturated carbocycles. The van der Waals surface area contributed by atoms with Gasteiger partial charge in [0.1, 0.15) is 6.10 Å². The van der Waals surface area contributed by atoms with Gasteiger partial charge in [0.25, 0.3) is 0 Å². The molecule has 0 radical (unpaired) electrons. The van der Waals surface area contributed by atoms with E-state index in [0.29, 0.717) is 26.1 Å². The van der Waals surface area contributed by atoms with Crippen molar-refractivity contribution in [2.24, 2.45) is 11.8 Å². The normalized spacial score (nSPS) is 33.1. The summed E-state index contributed by atoms with van der Waals surface area (Å²) < 4.78 is 11.8. The number of aliphatic carboxylic acids is 1. The molecule has 2 saturated heterocycles. The monoisotopic (exact) mass is 326 g/mol. The first kappa shape index (κ1) is 16.5. The molecule has 3 unspecified atom stereocenters. The Morgan fingerprint density at radius 3 is 2.74 bits per heavy atom.